The maximum Gasteiger partial charge on any atom is 0.309 e. The molecule has 21 heavy (non-hydrogen) atoms. The molecule has 1 amide bonds. The van der Waals surface area contributed by atoms with Gasteiger partial charge in [0.2, 0.25) is 5.91 Å². The number of piperidine rings is 1. The Balaban J connectivity index is 1.88. The number of carbonyl (C=O) groups excluding carboxylic acids is 1. The molecule has 2 saturated heterocycles. The highest BCUT2D eigenvalue weighted by molar-refractivity contribution is 5.80. The fourth-order valence-electron chi connectivity index (χ4n) is 3.08. The number of nitrogens with one attached hydrogen (secondary N) is 1. The number of aliphatic carboxylic acids is 1. The molecule has 1 unspecified atom stereocenters. The Bertz CT molecular complexity index is 369. The second-order valence-corrected chi connectivity index (χ2v) is 5.86. The van der Waals surface area contributed by atoms with Crippen molar-refractivity contribution in [3.8, 4) is 0 Å². The van der Waals surface area contributed by atoms with Crippen molar-refractivity contribution in [2.24, 2.45) is 11.8 Å². The number of carboxylic acids is 1. The molecule has 120 valence electrons. The Morgan fingerprint density at radius 1 is 1.14 bits per heavy atom. The highest BCUT2D eigenvalue weighted by Crippen LogP contribution is 2.20. The van der Waals surface area contributed by atoms with Crippen molar-refractivity contribution in [2.75, 3.05) is 52.4 Å². The van der Waals surface area contributed by atoms with Gasteiger partial charge < -0.3 is 25.3 Å². The molecule has 0 spiro atoms. The fraction of sp³-hybridized carbons (Fsp3) is 0.857. The third-order valence-electron chi connectivity index (χ3n) is 4.40. The summed E-state index contributed by atoms with van der Waals surface area (Å²) in [7, 11) is 0. The molecule has 3 N–H and O–H groups in total. The molecule has 7 nitrogen and oxygen atoms in total. The molecular formula is C14H25N3O4. The van der Waals surface area contributed by atoms with E-state index in [1.54, 1.807) is 4.90 Å². The number of hydrogen-bond donors (Lipinski definition) is 3. The van der Waals surface area contributed by atoms with Crippen LogP contribution in [0.4, 0.5) is 0 Å². The van der Waals surface area contributed by atoms with E-state index in [4.69, 9.17) is 10.2 Å². The summed E-state index contributed by atoms with van der Waals surface area (Å²) >= 11 is 0. The summed E-state index contributed by atoms with van der Waals surface area (Å²) in [6, 6.07) is 0. The Labute approximate surface area is 124 Å². The van der Waals surface area contributed by atoms with Crippen LogP contribution in [0.25, 0.3) is 0 Å². The Kier molecular flexibility index (Phi) is 5.96. The van der Waals surface area contributed by atoms with Gasteiger partial charge in [0.1, 0.15) is 0 Å². The second-order valence-electron chi connectivity index (χ2n) is 5.86. The molecule has 0 aliphatic carbocycles. The van der Waals surface area contributed by atoms with Gasteiger partial charge in [-0.1, -0.05) is 0 Å². The van der Waals surface area contributed by atoms with Crippen LogP contribution in [-0.4, -0.2) is 84.3 Å². The lowest BCUT2D eigenvalue weighted by molar-refractivity contribution is -0.144. The van der Waals surface area contributed by atoms with E-state index < -0.39 is 11.9 Å². The summed E-state index contributed by atoms with van der Waals surface area (Å²) in [6.07, 6.45) is 1.58. The van der Waals surface area contributed by atoms with Gasteiger partial charge in [-0.3, -0.25) is 9.59 Å². The van der Waals surface area contributed by atoms with Gasteiger partial charge in [-0.2, -0.15) is 0 Å². The number of β-amino-alcohol motifs (C(OH)–C–C–N with tert-alkyl or cyclic N) is 1. The molecule has 7 heteroatoms. The molecule has 0 bridgehead atoms. The minimum atomic E-state index is -0.847. The molecule has 0 aromatic carbocycles. The van der Waals surface area contributed by atoms with Crippen molar-refractivity contribution in [1.29, 1.82) is 0 Å². The second kappa shape index (κ2) is 7.72. The maximum absolute atomic E-state index is 12.6. The zero-order valence-corrected chi connectivity index (χ0v) is 12.3. The van der Waals surface area contributed by atoms with Crippen LogP contribution in [0.15, 0.2) is 0 Å². The fourth-order valence-corrected chi connectivity index (χ4v) is 3.08. The molecule has 0 radical (unpaired) electrons. The van der Waals surface area contributed by atoms with Crippen LogP contribution in [0.2, 0.25) is 0 Å². The van der Waals surface area contributed by atoms with E-state index in [2.05, 4.69) is 10.2 Å². The lowest BCUT2D eigenvalue weighted by atomic mass is 9.95. The highest BCUT2D eigenvalue weighted by atomic mass is 16.4. The molecule has 0 aromatic rings. The van der Waals surface area contributed by atoms with Crippen LogP contribution in [-0.2, 0) is 9.59 Å². The smallest absolute Gasteiger partial charge is 0.309 e. The van der Waals surface area contributed by atoms with E-state index in [1.165, 1.54) is 0 Å². The van der Waals surface area contributed by atoms with E-state index in [0.29, 0.717) is 32.7 Å². The molecule has 0 saturated carbocycles. The van der Waals surface area contributed by atoms with Gasteiger partial charge in [-0.25, -0.2) is 0 Å². The number of rotatable bonds is 4. The summed E-state index contributed by atoms with van der Waals surface area (Å²) in [6.45, 7) is 4.42. The summed E-state index contributed by atoms with van der Waals surface area (Å²) in [4.78, 5) is 27.6. The van der Waals surface area contributed by atoms with E-state index in [1.807, 2.05) is 0 Å². The molecule has 2 heterocycles. The third kappa shape index (κ3) is 4.39. The van der Waals surface area contributed by atoms with Gasteiger partial charge in [0.25, 0.3) is 0 Å². The van der Waals surface area contributed by atoms with Crippen LogP contribution >= 0.6 is 0 Å². The van der Waals surface area contributed by atoms with Crippen LogP contribution in [0.1, 0.15) is 12.8 Å². The molecular weight excluding hydrogens is 274 g/mol. The van der Waals surface area contributed by atoms with E-state index >= 15 is 0 Å². The minimum absolute atomic E-state index is 0.00696. The molecule has 2 aliphatic heterocycles. The highest BCUT2D eigenvalue weighted by Gasteiger charge is 2.32. The zero-order chi connectivity index (χ0) is 15.2. The Hall–Kier alpha value is -1.18. The summed E-state index contributed by atoms with van der Waals surface area (Å²) in [5, 5.41) is 21.2. The van der Waals surface area contributed by atoms with Gasteiger partial charge >= 0.3 is 5.97 Å². The lowest BCUT2D eigenvalue weighted by Crippen LogP contribution is -2.45. The lowest BCUT2D eigenvalue weighted by Gasteiger charge is -2.34. The van der Waals surface area contributed by atoms with Gasteiger partial charge in [0.05, 0.1) is 12.5 Å². The van der Waals surface area contributed by atoms with E-state index in [0.717, 1.165) is 25.9 Å². The molecule has 1 atom stereocenters. The average Bonchev–Trinajstić information content (AvgIpc) is 2.74. The van der Waals surface area contributed by atoms with Crippen molar-refractivity contribution in [1.82, 2.24) is 15.1 Å². The Morgan fingerprint density at radius 2 is 1.86 bits per heavy atom. The van der Waals surface area contributed by atoms with Gasteiger partial charge in [0.15, 0.2) is 0 Å². The van der Waals surface area contributed by atoms with Gasteiger partial charge in [0, 0.05) is 38.6 Å². The first kappa shape index (κ1) is 16.2. The predicted octanol–water partition coefficient (Wildman–Crippen LogP) is -1.18. The first-order valence-corrected chi connectivity index (χ1v) is 7.67. The normalized spacial score (nSPS) is 25.6. The van der Waals surface area contributed by atoms with Crippen molar-refractivity contribution < 1.29 is 19.8 Å². The van der Waals surface area contributed by atoms with Crippen LogP contribution in [0.3, 0.4) is 0 Å². The quantitative estimate of drug-likeness (QED) is 0.605. The monoisotopic (exact) mass is 299 g/mol. The zero-order valence-electron chi connectivity index (χ0n) is 12.3. The number of aliphatic hydroxyl groups excluding tert-OH is 1. The number of carbonyl (C=O) groups is 2. The average molecular weight is 299 g/mol. The Morgan fingerprint density at radius 3 is 2.48 bits per heavy atom. The number of amides is 1. The van der Waals surface area contributed by atoms with E-state index in [-0.39, 0.29) is 18.4 Å². The van der Waals surface area contributed by atoms with Gasteiger partial charge in [-0.15, -0.1) is 0 Å². The van der Waals surface area contributed by atoms with Crippen molar-refractivity contribution in [2.45, 2.75) is 12.8 Å². The summed E-state index contributed by atoms with van der Waals surface area (Å²) in [5.74, 6) is -1.29. The van der Waals surface area contributed by atoms with Gasteiger partial charge in [-0.05, 0) is 25.9 Å². The van der Waals surface area contributed by atoms with Crippen molar-refractivity contribution in [3.63, 3.8) is 0 Å². The number of likely N-dealkylation sites (tertiary alicyclic amines) is 1. The first-order valence-electron chi connectivity index (χ1n) is 7.67. The molecule has 0 aromatic heterocycles. The third-order valence-corrected chi connectivity index (χ3v) is 4.40. The van der Waals surface area contributed by atoms with Crippen molar-refractivity contribution in [3.05, 3.63) is 0 Å². The molecule has 2 aliphatic rings. The molecule has 2 rings (SSSR count). The number of aliphatic hydroxyl groups is 1. The minimum Gasteiger partial charge on any atom is -0.481 e. The number of carboxylic acid groups (broad SMARTS) is 1. The SMILES string of the molecule is O=C(O)C1CNCCN(C(=O)C2CCN(CCO)CC2)C1. The molecule has 2 fully saturated rings. The number of hydrogen-bond acceptors (Lipinski definition) is 5. The standard InChI is InChI=1S/C14H25N3O4/c18-8-7-16-4-1-11(2-5-16)13(19)17-6-3-15-9-12(10-17)14(20)21/h11-12,15,18H,1-10H2,(H,20,21). The van der Waals surface area contributed by atoms with E-state index in [9.17, 15) is 9.59 Å². The topological polar surface area (TPSA) is 93.1 Å². The van der Waals surface area contributed by atoms with Crippen LogP contribution < -0.4 is 5.32 Å². The summed E-state index contributed by atoms with van der Waals surface area (Å²) < 4.78 is 0. The maximum atomic E-state index is 12.6. The predicted molar refractivity (Wildman–Crippen MR) is 76.8 cm³/mol. The van der Waals surface area contributed by atoms with Crippen LogP contribution in [0.5, 0.6) is 0 Å². The van der Waals surface area contributed by atoms with Crippen molar-refractivity contribution >= 4 is 11.9 Å². The first-order chi connectivity index (χ1) is 10.1. The summed E-state index contributed by atoms with van der Waals surface area (Å²) in [5.41, 5.74) is 0. The largest absolute Gasteiger partial charge is 0.481 e. The number of nitrogens with zero attached hydrogens (tertiary/aromatic N) is 2. The van der Waals surface area contributed by atoms with Crippen LogP contribution in [0, 0.1) is 11.8 Å².